The zero-order valence-corrected chi connectivity index (χ0v) is 7.14. The van der Waals surface area contributed by atoms with Gasteiger partial charge in [0.05, 0.1) is 6.61 Å². The van der Waals surface area contributed by atoms with E-state index in [1.54, 1.807) is 13.8 Å². The fourth-order valence-corrected chi connectivity index (χ4v) is 1.35. The molecule has 1 heterocycles. The predicted octanol–water partition coefficient (Wildman–Crippen LogP) is 1.10. The van der Waals surface area contributed by atoms with Gasteiger partial charge in [-0.25, -0.2) is 4.39 Å². The molecule has 0 aromatic carbocycles. The second-order valence-electron chi connectivity index (χ2n) is 3.50. The topological polar surface area (TPSA) is 35.2 Å². The minimum atomic E-state index is -1.27. The van der Waals surface area contributed by atoms with Gasteiger partial charge in [0, 0.05) is 18.6 Å². The van der Waals surface area contributed by atoms with Gasteiger partial charge in [0.1, 0.15) is 5.67 Å². The summed E-state index contributed by atoms with van der Waals surface area (Å²) < 4.78 is 18.8. The van der Waals surface area contributed by atoms with Crippen molar-refractivity contribution in [1.82, 2.24) is 0 Å². The highest BCUT2D eigenvalue weighted by atomic mass is 19.1. The number of hydrogen-bond donors (Lipinski definition) is 1. The van der Waals surface area contributed by atoms with E-state index < -0.39 is 11.7 Å². The highest BCUT2D eigenvalue weighted by Crippen LogP contribution is 2.31. The fraction of sp³-hybridized carbons (Fsp3) is 1.00. The zero-order chi connectivity index (χ0) is 8.48. The van der Waals surface area contributed by atoms with Gasteiger partial charge < -0.3 is 10.5 Å². The molecule has 1 saturated heterocycles. The van der Waals surface area contributed by atoms with Gasteiger partial charge in [-0.05, 0) is 20.3 Å². The first-order valence-electron chi connectivity index (χ1n) is 4.07. The lowest BCUT2D eigenvalue weighted by molar-refractivity contribution is 0.0645. The number of ether oxygens (including phenoxy) is 1. The van der Waals surface area contributed by atoms with Crippen LogP contribution < -0.4 is 5.73 Å². The number of halogens is 1. The second-order valence-corrected chi connectivity index (χ2v) is 3.50. The Hall–Kier alpha value is -0.150. The molecule has 0 aromatic heterocycles. The average Bonchev–Trinajstić information content (AvgIpc) is 2.37. The van der Waals surface area contributed by atoms with Crippen LogP contribution in [0.15, 0.2) is 0 Å². The van der Waals surface area contributed by atoms with Crippen molar-refractivity contribution in [1.29, 1.82) is 0 Å². The smallest absolute Gasteiger partial charge is 0.128 e. The van der Waals surface area contributed by atoms with E-state index in [1.165, 1.54) is 0 Å². The van der Waals surface area contributed by atoms with Crippen LogP contribution in [-0.4, -0.2) is 24.9 Å². The van der Waals surface area contributed by atoms with Gasteiger partial charge in [0.15, 0.2) is 0 Å². The third kappa shape index (κ3) is 1.71. The van der Waals surface area contributed by atoms with Crippen LogP contribution in [0.5, 0.6) is 0 Å². The summed E-state index contributed by atoms with van der Waals surface area (Å²) >= 11 is 0. The lowest BCUT2D eigenvalue weighted by atomic mass is 9.85. The molecule has 0 bridgehead atoms. The van der Waals surface area contributed by atoms with Gasteiger partial charge in [-0.3, -0.25) is 0 Å². The van der Waals surface area contributed by atoms with Gasteiger partial charge in [0.2, 0.25) is 0 Å². The van der Waals surface area contributed by atoms with Crippen LogP contribution in [0.4, 0.5) is 4.39 Å². The summed E-state index contributed by atoms with van der Waals surface area (Å²) in [7, 11) is 0. The van der Waals surface area contributed by atoms with E-state index in [4.69, 9.17) is 10.5 Å². The minimum absolute atomic E-state index is 0.0116. The van der Waals surface area contributed by atoms with Gasteiger partial charge in [-0.1, -0.05) is 0 Å². The molecule has 2 N–H and O–H groups in total. The predicted molar refractivity (Wildman–Crippen MR) is 42.1 cm³/mol. The molecule has 2 nitrogen and oxygen atoms in total. The minimum Gasteiger partial charge on any atom is -0.381 e. The van der Waals surface area contributed by atoms with Crippen LogP contribution in [0.3, 0.4) is 0 Å². The molecule has 0 aliphatic carbocycles. The largest absolute Gasteiger partial charge is 0.381 e. The van der Waals surface area contributed by atoms with Crippen molar-refractivity contribution in [2.45, 2.75) is 32.0 Å². The Morgan fingerprint density at radius 3 is 2.73 bits per heavy atom. The molecule has 0 radical (unpaired) electrons. The zero-order valence-electron chi connectivity index (χ0n) is 7.14. The molecule has 1 aliphatic heterocycles. The summed E-state index contributed by atoms with van der Waals surface area (Å²) in [6, 6.07) is -0.408. The molecule has 1 aliphatic rings. The Morgan fingerprint density at radius 2 is 2.36 bits per heavy atom. The van der Waals surface area contributed by atoms with Crippen molar-refractivity contribution in [2.24, 2.45) is 11.7 Å². The van der Waals surface area contributed by atoms with E-state index in [0.29, 0.717) is 13.2 Å². The van der Waals surface area contributed by atoms with Crippen LogP contribution >= 0.6 is 0 Å². The van der Waals surface area contributed by atoms with Crippen molar-refractivity contribution < 1.29 is 9.13 Å². The SMILES string of the molecule is CC(N)C(C)(F)C1CCOC1. The van der Waals surface area contributed by atoms with Crippen LogP contribution in [0.1, 0.15) is 20.3 Å². The Kier molecular flexibility index (Phi) is 2.50. The first-order chi connectivity index (χ1) is 5.05. The Labute approximate surface area is 66.9 Å². The van der Waals surface area contributed by atoms with Crippen LogP contribution in [0.25, 0.3) is 0 Å². The maximum Gasteiger partial charge on any atom is 0.128 e. The Bertz CT molecular complexity index is 130. The number of nitrogens with two attached hydrogens (primary N) is 1. The van der Waals surface area contributed by atoms with Crippen LogP contribution in [0, 0.1) is 5.92 Å². The van der Waals surface area contributed by atoms with Crippen LogP contribution in [0.2, 0.25) is 0 Å². The fourth-order valence-electron chi connectivity index (χ4n) is 1.35. The molecular formula is C8H16FNO. The highest BCUT2D eigenvalue weighted by Gasteiger charge is 2.39. The molecule has 0 spiro atoms. The normalized spacial score (nSPS) is 33.3. The third-order valence-electron chi connectivity index (χ3n) is 2.62. The monoisotopic (exact) mass is 161 g/mol. The Morgan fingerprint density at radius 1 is 1.73 bits per heavy atom. The first kappa shape index (κ1) is 8.94. The Balaban J connectivity index is 2.55. The molecule has 3 heteroatoms. The molecule has 3 unspecified atom stereocenters. The first-order valence-corrected chi connectivity index (χ1v) is 4.07. The van der Waals surface area contributed by atoms with Crippen molar-refractivity contribution in [3.8, 4) is 0 Å². The van der Waals surface area contributed by atoms with E-state index in [1.807, 2.05) is 0 Å². The molecule has 0 amide bonds. The number of alkyl halides is 1. The van der Waals surface area contributed by atoms with Gasteiger partial charge in [0.25, 0.3) is 0 Å². The summed E-state index contributed by atoms with van der Waals surface area (Å²) in [4.78, 5) is 0. The molecule has 1 rings (SSSR count). The summed E-state index contributed by atoms with van der Waals surface area (Å²) in [5.41, 5.74) is 4.25. The lowest BCUT2D eigenvalue weighted by Crippen LogP contribution is -2.45. The highest BCUT2D eigenvalue weighted by molar-refractivity contribution is 4.91. The van der Waals surface area contributed by atoms with E-state index in [0.717, 1.165) is 6.42 Å². The molecule has 66 valence electrons. The maximum absolute atomic E-state index is 13.7. The summed E-state index contributed by atoms with van der Waals surface area (Å²) in [5.74, 6) is -0.0116. The van der Waals surface area contributed by atoms with E-state index in [9.17, 15) is 4.39 Å². The number of rotatable bonds is 2. The third-order valence-corrected chi connectivity index (χ3v) is 2.62. The molecule has 0 aromatic rings. The molecule has 11 heavy (non-hydrogen) atoms. The van der Waals surface area contributed by atoms with Crippen molar-refractivity contribution in [3.63, 3.8) is 0 Å². The van der Waals surface area contributed by atoms with Crippen molar-refractivity contribution in [3.05, 3.63) is 0 Å². The van der Waals surface area contributed by atoms with E-state index in [-0.39, 0.29) is 5.92 Å². The van der Waals surface area contributed by atoms with Crippen molar-refractivity contribution in [2.75, 3.05) is 13.2 Å². The standard InChI is InChI=1S/C8H16FNO/c1-6(10)8(2,9)7-3-4-11-5-7/h6-7H,3-5,10H2,1-2H3. The van der Waals surface area contributed by atoms with Crippen molar-refractivity contribution >= 4 is 0 Å². The van der Waals surface area contributed by atoms with Gasteiger partial charge in [-0.15, -0.1) is 0 Å². The maximum atomic E-state index is 13.7. The van der Waals surface area contributed by atoms with Crippen LogP contribution in [-0.2, 0) is 4.74 Å². The van der Waals surface area contributed by atoms with Gasteiger partial charge in [-0.2, -0.15) is 0 Å². The molecule has 3 atom stereocenters. The average molecular weight is 161 g/mol. The summed E-state index contributed by atoms with van der Waals surface area (Å²) in [6.45, 7) is 4.47. The quantitative estimate of drug-likeness (QED) is 0.658. The summed E-state index contributed by atoms with van der Waals surface area (Å²) in [6.07, 6.45) is 0.800. The molecule has 0 saturated carbocycles. The van der Waals surface area contributed by atoms with E-state index >= 15 is 0 Å². The second kappa shape index (κ2) is 3.07. The molecule has 1 fully saturated rings. The van der Waals surface area contributed by atoms with E-state index in [2.05, 4.69) is 0 Å². The number of hydrogen-bond acceptors (Lipinski definition) is 2. The molecular weight excluding hydrogens is 145 g/mol. The summed E-state index contributed by atoms with van der Waals surface area (Å²) in [5, 5.41) is 0. The lowest BCUT2D eigenvalue weighted by Gasteiger charge is -2.29. The van der Waals surface area contributed by atoms with Gasteiger partial charge >= 0.3 is 0 Å².